The van der Waals surface area contributed by atoms with Crippen LogP contribution in [0, 0.1) is 5.41 Å². The van der Waals surface area contributed by atoms with E-state index in [0.29, 0.717) is 0 Å². The highest BCUT2D eigenvalue weighted by Gasteiger charge is 2.56. The maximum atomic E-state index is 11.9. The molecule has 2 unspecified atom stereocenters. The Morgan fingerprint density at radius 3 is 2.50 bits per heavy atom. The van der Waals surface area contributed by atoms with Gasteiger partial charge in [-0.15, -0.1) is 12.4 Å². The van der Waals surface area contributed by atoms with Gasteiger partial charge in [0.15, 0.2) is 0 Å². The molecule has 0 saturated heterocycles. The minimum atomic E-state index is -0.307. The summed E-state index contributed by atoms with van der Waals surface area (Å²) in [4.78, 5) is 23.0. The van der Waals surface area contributed by atoms with Crippen molar-refractivity contribution in [1.82, 2.24) is 10.6 Å². The molecule has 4 N–H and O–H groups in total. The van der Waals surface area contributed by atoms with Gasteiger partial charge in [-0.1, -0.05) is 19.3 Å². The zero-order valence-corrected chi connectivity index (χ0v) is 14.0. The highest BCUT2D eigenvalue weighted by Crippen LogP contribution is 2.53. The van der Waals surface area contributed by atoms with Crippen molar-refractivity contribution in [2.45, 2.75) is 57.6 Å². The topological polar surface area (TPSA) is 93.5 Å². The Hall–Kier alpha value is -0.850. The van der Waals surface area contributed by atoms with Crippen LogP contribution in [0.5, 0.6) is 0 Å². The van der Waals surface area contributed by atoms with E-state index >= 15 is 0 Å². The molecule has 2 aliphatic carbocycles. The van der Waals surface area contributed by atoms with Gasteiger partial charge in [0, 0.05) is 18.1 Å². The molecule has 0 aromatic heterocycles. The average Bonchev–Trinajstić information content (AvgIpc) is 2.52. The van der Waals surface area contributed by atoms with Gasteiger partial charge in [0.1, 0.15) is 0 Å². The van der Waals surface area contributed by atoms with Crippen LogP contribution in [0.15, 0.2) is 0 Å². The van der Waals surface area contributed by atoms with Crippen LogP contribution in [-0.2, 0) is 14.3 Å². The van der Waals surface area contributed by atoms with Gasteiger partial charge in [-0.2, -0.15) is 0 Å². The first-order chi connectivity index (χ1) is 10.1. The SMILES string of the molecule is CCOC1CC(NC(=O)CNC(=O)CN)C12CCCCC2.Cl. The van der Waals surface area contributed by atoms with Crippen molar-refractivity contribution in [3.8, 4) is 0 Å². The van der Waals surface area contributed by atoms with E-state index in [2.05, 4.69) is 10.6 Å². The molecule has 2 rings (SSSR count). The van der Waals surface area contributed by atoms with Crippen LogP contribution in [0.2, 0.25) is 0 Å². The molecule has 0 aromatic rings. The number of nitrogens with two attached hydrogens (primary N) is 1. The Morgan fingerprint density at radius 2 is 1.91 bits per heavy atom. The minimum Gasteiger partial charge on any atom is -0.378 e. The fraction of sp³-hybridized carbons (Fsp3) is 0.867. The number of amides is 2. The molecule has 0 aromatic carbocycles. The van der Waals surface area contributed by atoms with Crippen molar-refractivity contribution < 1.29 is 14.3 Å². The number of hydrogen-bond acceptors (Lipinski definition) is 4. The molecule has 2 fully saturated rings. The van der Waals surface area contributed by atoms with E-state index < -0.39 is 0 Å². The van der Waals surface area contributed by atoms with Crippen LogP contribution in [0.25, 0.3) is 0 Å². The third-order valence-electron chi connectivity index (χ3n) is 4.90. The molecule has 2 saturated carbocycles. The molecule has 1 spiro atoms. The lowest BCUT2D eigenvalue weighted by molar-refractivity contribution is -0.156. The molecule has 22 heavy (non-hydrogen) atoms. The molecule has 2 amide bonds. The minimum absolute atomic E-state index is 0. The number of carbonyl (C=O) groups excluding carboxylic acids is 2. The third-order valence-corrected chi connectivity index (χ3v) is 4.90. The van der Waals surface area contributed by atoms with E-state index in [9.17, 15) is 9.59 Å². The molecular weight excluding hydrogens is 306 g/mol. The predicted molar refractivity (Wildman–Crippen MR) is 86.8 cm³/mol. The van der Waals surface area contributed by atoms with E-state index in [1.807, 2.05) is 6.92 Å². The first kappa shape index (κ1) is 19.2. The third kappa shape index (κ3) is 4.12. The van der Waals surface area contributed by atoms with Crippen molar-refractivity contribution in [2.75, 3.05) is 19.7 Å². The fourth-order valence-corrected chi connectivity index (χ4v) is 3.76. The number of rotatable bonds is 6. The van der Waals surface area contributed by atoms with Crippen LogP contribution in [0.1, 0.15) is 45.4 Å². The van der Waals surface area contributed by atoms with E-state index in [1.165, 1.54) is 19.3 Å². The smallest absolute Gasteiger partial charge is 0.239 e. The molecule has 2 atom stereocenters. The quantitative estimate of drug-likeness (QED) is 0.668. The molecular formula is C15H28ClN3O3. The summed E-state index contributed by atoms with van der Waals surface area (Å²) >= 11 is 0. The maximum Gasteiger partial charge on any atom is 0.239 e. The summed E-state index contributed by atoms with van der Waals surface area (Å²) in [6, 6.07) is 0.177. The molecule has 0 aliphatic heterocycles. The van der Waals surface area contributed by atoms with E-state index in [-0.39, 0.29) is 54.9 Å². The molecule has 2 aliphatic rings. The van der Waals surface area contributed by atoms with Crippen molar-refractivity contribution in [1.29, 1.82) is 0 Å². The first-order valence-electron chi connectivity index (χ1n) is 8.00. The van der Waals surface area contributed by atoms with Crippen LogP contribution >= 0.6 is 12.4 Å². The van der Waals surface area contributed by atoms with Crippen LogP contribution in [0.4, 0.5) is 0 Å². The van der Waals surface area contributed by atoms with Gasteiger partial charge >= 0.3 is 0 Å². The normalized spacial score (nSPS) is 25.7. The monoisotopic (exact) mass is 333 g/mol. The lowest BCUT2D eigenvalue weighted by atomic mass is 9.55. The molecule has 0 heterocycles. The number of halogens is 1. The van der Waals surface area contributed by atoms with Crippen LogP contribution in [-0.4, -0.2) is 43.7 Å². The van der Waals surface area contributed by atoms with Gasteiger partial charge in [0.25, 0.3) is 0 Å². The molecule has 0 radical (unpaired) electrons. The molecule has 128 valence electrons. The predicted octanol–water partition coefficient (Wildman–Crippen LogP) is 0.727. The lowest BCUT2D eigenvalue weighted by Gasteiger charge is -2.57. The number of nitrogens with one attached hydrogen (secondary N) is 2. The molecule has 7 heteroatoms. The summed E-state index contributed by atoms with van der Waals surface area (Å²) in [7, 11) is 0. The van der Waals surface area contributed by atoms with Gasteiger partial charge in [0.05, 0.1) is 19.2 Å². The lowest BCUT2D eigenvalue weighted by Crippen LogP contribution is -2.66. The summed E-state index contributed by atoms with van der Waals surface area (Å²) in [5.74, 6) is -0.444. The largest absolute Gasteiger partial charge is 0.378 e. The summed E-state index contributed by atoms with van der Waals surface area (Å²) in [5, 5.41) is 5.58. The van der Waals surface area contributed by atoms with E-state index in [0.717, 1.165) is 25.9 Å². The number of ether oxygens (including phenoxy) is 1. The Kier molecular flexibility index (Phi) is 7.59. The number of hydrogen-bond donors (Lipinski definition) is 3. The summed E-state index contributed by atoms with van der Waals surface area (Å²) in [5.41, 5.74) is 5.31. The summed E-state index contributed by atoms with van der Waals surface area (Å²) < 4.78 is 5.86. The van der Waals surface area contributed by atoms with Crippen molar-refractivity contribution >= 4 is 24.2 Å². The second-order valence-corrected chi connectivity index (χ2v) is 6.07. The Bertz CT molecular complexity index is 386. The highest BCUT2D eigenvalue weighted by molar-refractivity contribution is 5.86. The Balaban J connectivity index is 0.00000242. The maximum absolute atomic E-state index is 11.9. The second-order valence-electron chi connectivity index (χ2n) is 6.07. The second kappa shape index (κ2) is 8.70. The van der Waals surface area contributed by atoms with Crippen molar-refractivity contribution in [2.24, 2.45) is 11.1 Å². The Morgan fingerprint density at radius 1 is 1.23 bits per heavy atom. The zero-order valence-electron chi connectivity index (χ0n) is 13.2. The highest BCUT2D eigenvalue weighted by atomic mass is 35.5. The summed E-state index contributed by atoms with van der Waals surface area (Å²) in [6.45, 7) is 2.65. The summed E-state index contributed by atoms with van der Waals surface area (Å²) in [6.07, 6.45) is 7.08. The Labute approximate surface area is 138 Å². The number of carbonyl (C=O) groups is 2. The van der Waals surface area contributed by atoms with Crippen molar-refractivity contribution in [3.05, 3.63) is 0 Å². The van der Waals surface area contributed by atoms with Gasteiger partial charge in [-0.25, -0.2) is 0 Å². The van der Waals surface area contributed by atoms with Gasteiger partial charge in [0.2, 0.25) is 11.8 Å². The average molecular weight is 334 g/mol. The molecule has 6 nitrogen and oxygen atoms in total. The van der Waals surface area contributed by atoms with E-state index in [4.69, 9.17) is 10.5 Å². The standard InChI is InChI=1S/C15H27N3O3.ClH/c1-2-21-12-8-11(15(12)6-4-3-5-7-15)18-14(20)10-17-13(19)9-16;/h11-12H,2-10,16H2,1H3,(H,17,19)(H,18,20);1H. The van der Waals surface area contributed by atoms with Crippen LogP contribution in [0.3, 0.4) is 0 Å². The van der Waals surface area contributed by atoms with Crippen LogP contribution < -0.4 is 16.4 Å². The van der Waals surface area contributed by atoms with E-state index in [1.54, 1.807) is 0 Å². The van der Waals surface area contributed by atoms with Gasteiger partial charge < -0.3 is 21.1 Å². The first-order valence-corrected chi connectivity index (χ1v) is 8.00. The fourth-order valence-electron chi connectivity index (χ4n) is 3.76. The zero-order chi connectivity index (χ0) is 15.3. The van der Waals surface area contributed by atoms with Gasteiger partial charge in [-0.3, -0.25) is 9.59 Å². The molecule has 0 bridgehead atoms. The van der Waals surface area contributed by atoms with Crippen molar-refractivity contribution in [3.63, 3.8) is 0 Å². The van der Waals surface area contributed by atoms with Gasteiger partial charge in [-0.05, 0) is 26.2 Å².